The fourth-order valence-electron chi connectivity index (χ4n) is 4.74. The molecule has 0 bridgehead atoms. The van der Waals surface area contributed by atoms with Gasteiger partial charge in [-0.2, -0.15) is 0 Å². The maximum Gasteiger partial charge on any atom is 0.253 e. The highest BCUT2D eigenvalue weighted by Crippen LogP contribution is 2.34. The van der Waals surface area contributed by atoms with Crippen LogP contribution in [0.25, 0.3) is 0 Å². The van der Waals surface area contributed by atoms with Crippen LogP contribution in [0.2, 0.25) is 5.02 Å². The largest absolute Gasteiger partial charge is 0.337 e. The van der Waals surface area contributed by atoms with E-state index in [1.54, 1.807) is 0 Å². The maximum atomic E-state index is 12.9. The van der Waals surface area contributed by atoms with E-state index >= 15 is 0 Å². The normalized spacial score (nSPS) is 18.2. The smallest absolute Gasteiger partial charge is 0.253 e. The number of amides is 1. The number of piperazine rings is 1. The average molecular weight is 461 g/mol. The highest BCUT2D eigenvalue weighted by molar-refractivity contribution is 6.30. The number of aromatic nitrogens is 2. The Morgan fingerprint density at radius 2 is 1.64 bits per heavy atom. The fourth-order valence-corrected chi connectivity index (χ4v) is 4.87. The fraction of sp³-hybridized carbons (Fsp3) is 0.308. The first kappa shape index (κ1) is 21.6. The number of hydrogen-bond acceptors (Lipinski definition) is 5. The van der Waals surface area contributed by atoms with Crippen molar-refractivity contribution in [1.82, 2.24) is 14.9 Å². The highest BCUT2D eigenvalue weighted by atomic mass is 35.5. The lowest BCUT2D eigenvalue weighted by Gasteiger charge is -2.35. The molecule has 2 aliphatic rings. The van der Waals surface area contributed by atoms with Gasteiger partial charge in [0.05, 0.1) is 17.0 Å². The molecule has 0 saturated carbocycles. The van der Waals surface area contributed by atoms with Gasteiger partial charge in [-0.05, 0) is 49.1 Å². The molecule has 1 amide bonds. The molecule has 1 atom stereocenters. The number of fused-ring (bicyclic) bond motifs is 1. The molecule has 0 radical (unpaired) electrons. The lowest BCUT2D eigenvalue weighted by Crippen LogP contribution is -2.49. The van der Waals surface area contributed by atoms with Crippen molar-refractivity contribution in [3.05, 3.63) is 87.7 Å². The lowest BCUT2D eigenvalue weighted by atomic mass is 9.81. The van der Waals surface area contributed by atoms with Crippen molar-refractivity contribution in [2.24, 2.45) is 0 Å². The van der Waals surface area contributed by atoms with Crippen LogP contribution in [-0.2, 0) is 6.42 Å². The zero-order chi connectivity index (χ0) is 22.9. The number of ketones is 1. The first-order valence-corrected chi connectivity index (χ1v) is 11.6. The van der Waals surface area contributed by atoms with Crippen molar-refractivity contribution in [3.8, 4) is 0 Å². The minimum atomic E-state index is 0.0502. The first-order valence-electron chi connectivity index (χ1n) is 11.2. The van der Waals surface area contributed by atoms with E-state index in [0.29, 0.717) is 61.1 Å². The maximum absolute atomic E-state index is 12.9. The molecule has 1 aromatic heterocycles. The Bertz CT molecular complexity index is 1190. The molecule has 2 heterocycles. The zero-order valence-electron chi connectivity index (χ0n) is 18.5. The predicted octanol–water partition coefficient (Wildman–Crippen LogP) is 4.31. The molecule has 168 valence electrons. The number of hydrogen-bond donors (Lipinski definition) is 0. The van der Waals surface area contributed by atoms with E-state index in [9.17, 15) is 9.59 Å². The standard InChI is InChI=1S/C26H25ClN4O2/c1-17-24-22(15-20(16-23(24)32)18-7-9-21(27)10-8-18)29-26(28-17)31-13-11-30(12-14-31)25(33)19-5-3-2-4-6-19/h2-10,20H,11-16H2,1H3/t20-/m0/s1. The molecule has 6 nitrogen and oxygen atoms in total. The van der Waals surface area contributed by atoms with Crippen LogP contribution in [0.5, 0.6) is 0 Å². The Morgan fingerprint density at radius 3 is 2.33 bits per heavy atom. The van der Waals surface area contributed by atoms with Crippen molar-refractivity contribution in [2.45, 2.75) is 25.7 Å². The number of rotatable bonds is 3. The van der Waals surface area contributed by atoms with Crippen molar-refractivity contribution in [2.75, 3.05) is 31.1 Å². The molecule has 5 rings (SSSR count). The summed E-state index contributed by atoms with van der Waals surface area (Å²) in [5.41, 5.74) is 4.03. The van der Waals surface area contributed by atoms with Gasteiger partial charge in [0, 0.05) is 43.2 Å². The number of benzene rings is 2. The third-order valence-electron chi connectivity index (χ3n) is 6.52. The first-order chi connectivity index (χ1) is 16.0. The Hall–Kier alpha value is -3.25. The molecule has 1 saturated heterocycles. The Balaban J connectivity index is 1.33. The number of nitrogens with zero attached hydrogens (tertiary/aromatic N) is 4. The van der Waals surface area contributed by atoms with E-state index in [1.807, 2.05) is 66.4 Å². The van der Waals surface area contributed by atoms with Crippen LogP contribution in [0.15, 0.2) is 54.6 Å². The summed E-state index contributed by atoms with van der Waals surface area (Å²) in [6.45, 7) is 4.43. The lowest BCUT2D eigenvalue weighted by molar-refractivity contribution is 0.0745. The second-order valence-electron chi connectivity index (χ2n) is 8.66. The summed E-state index contributed by atoms with van der Waals surface area (Å²) in [5, 5.41) is 0.687. The molecular weight excluding hydrogens is 436 g/mol. The van der Waals surface area contributed by atoms with Gasteiger partial charge < -0.3 is 9.80 Å². The van der Waals surface area contributed by atoms with Crippen LogP contribution >= 0.6 is 11.6 Å². The van der Waals surface area contributed by atoms with Crippen LogP contribution < -0.4 is 4.90 Å². The molecule has 1 fully saturated rings. The SMILES string of the molecule is Cc1nc(N2CCN(C(=O)c3ccccc3)CC2)nc2c1C(=O)C[C@@H](c1ccc(Cl)cc1)C2. The minimum Gasteiger partial charge on any atom is -0.337 e. The van der Waals surface area contributed by atoms with Gasteiger partial charge in [-0.1, -0.05) is 41.9 Å². The zero-order valence-corrected chi connectivity index (χ0v) is 19.3. The van der Waals surface area contributed by atoms with Crippen molar-refractivity contribution < 1.29 is 9.59 Å². The number of carbonyl (C=O) groups is 2. The summed E-state index contributed by atoms with van der Waals surface area (Å²) in [4.78, 5) is 39.2. The van der Waals surface area contributed by atoms with Crippen LogP contribution in [0.3, 0.4) is 0 Å². The highest BCUT2D eigenvalue weighted by Gasteiger charge is 2.31. The van der Waals surface area contributed by atoms with Gasteiger partial charge in [-0.25, -0.2) is 9.97 Å². The van der Waals surface area contributed by atoms with E-state index in [4.69, 9.17) is 16.6 Å². The summed E-state index contributed by atoms with van der Waals surface area (Å²) in [6, 6.07) is 17.1. The van der Waals surface area contributed by atoms with E-state index in [0.717, 1.165) is 17.0 Å². The van der Waals surface area contributed by atoms with Gasteiger partial charge in [0.25, 0.3) is 5.91 Å². The van der Waals surface area contributed by atoms with Crippen LogP contribution in [0, 0.1) is 6.92 Å². The quantitative estimate of drug-likeness (QED) is 0.582. The van der Waals surface area contributed by atoms with Gasteiger partial charge in [-0.15, -0.1) is 0 Å². The summed E-state index contributed by atoms with van der Waals surface area (Å²) < 4.78 is 0. The summed E-state index contributed by atoms with van der Waals surface area (Å²) >= 11 is 6.03. The molecule has 3 aromatic rings. The summed E-state index contributed by atoms with van der Waals surface area (Å²) in [6.07, 6.45) is 1.16. The predicted molar refractivity (Wildman–Crippen MR) is 128 cm³/mol. The van der Waals surface area contributed by atoms with Crippen LogP contribution in [0.4, 0.5) is 5.95 Å². The number of aryl methyl sites for hydroxylation is 1. The topological polar surface area (TPSA) is 66.4 Å². The molecule has 0 spiro atoms. The summed E-state index contributed by atoms with van der Waals surface area (Å²) in [7, 11) is 0. The Kier molecular flexibility index (Phi) is 5.85. The van der Waals surface area contributed by atoms with E-state index in [1.165, 1.54) is 0 Å². The number of carbonyl (C=O) groups excluding carboxylic acids is 2. The van der Waals surface area contributed by atoms with Gasteiger partial charge >= 0.3 is 0 Å². The molecular formula is C26H25ClN4O2. The average Bonchev–Trinajstić information content (AvgIpc) is 2.84. The third-order valence-corrected chi connectivity index (χ3v) is 6.77. The molecule has 0 N–H and O–H groups in total. The van der Waals surface area contributed by atoms with Crippen LogP contribution in [0.1, 0.15) is 50.0 Å². The van der Waals surface area contributed by atoms with Crippen molar-refractivity contribution in [1.29, 1.82) is 0 Å². The second kappa shape index (κ2) is 8.94. The molecule has 1 aliphatic heterocycles. The van der Waals surface area contributed by atoms with Gasteiger partial charge in [-0.3, -0.25) is 9.59 Å². The Morgan fingerprint density at radius 1 is 0.939 bits per heavy atom. The molecule has 7 heteroatoms. The van der Waals surface area contributed by atoms with Gasteiger partial charge in [0.1, 0.15) is 0 Å². The Labute approximate surface area is 198 Å². The summed E-state index contributed by atoms with van der Waals surface area (Å²) in [5.74, 6) is 0.875. The monoisotopic (exact) mass is 460 g/mol. The molecule has 0 unspecified atom stereocenters. The van der Waals surface area contributed by atoms with Gasteiger partial charge in [0.2, 0.25) is 5.95 Å². The number of Topliss-reactive ketones (excluding diaryl/α,β-unsaturated/α-hetero) is 1. The number of halogens is 1. The number of anilines is 1. The van der Waals surface area contributed by atoms with Gasteiger partial charge in [0.15, 0.2) is 5.78 Å². The molecule has 33 heavy (non-hydrogen) atoms. The molecule has 2 aromatic carbocycles. The van der Waals surface area contributed by atoms with E-state index in [2.05, 4.69) is 9.88 Å². The molecule has 1 aliphatic carbocycles. The van der Waals surface area contributed by atoms with Crippen LogP contribution in [-0.4, -0.2) is 52.7 Å². The van der Waals surface area contributed by atoms with Crippen molar-refractivity contribution >= 4 is 29.2 Å². The van der Waals surface area contributed by atoms with Crippen molar-refractivity contribution in [3.63, 3.8) is 0 Å². The second-order valence-corrected chi connectivity index (χ2v) is 9.09. The van der Waals surface area contributed by atoms with E-state index in [-0.39, 0.29) is 17.6 Å². The minimum absolute atomic E-state index is 0.0502. The third kappa shape index (κ3) is 4.35. The van der Waals surface area contributed by atoms with E-state index < -0.39 is 0 Å².